The van der Waals surface area contributed by atoms with Crippen molar-refractivity contribution in [1.29, 1.82) is 0 Å². The van der Waals surface area contributed by atoms with Gasteiger partial charge >= 0.3 is 0 Å². The molecule has 0 bridgehead atoms. The van der Waals surface area contributed by atoms with Crippen LogP contribution in [-0.4, -0.2) is 8.53 Å². The number of aromatic nitrogens is 1. The van der Waals surface area contributed by atoms with Crippen molar-refractivity contribution in [2.75, 3.05) is 0 Å². The fraction of sp³-hybridized carbons (Fsp3) is 0.222. The Labute approximate surface area is 138 Å². The van der Waals surface area contributed by atoms with E-state index in [0.29, 0.717) is 0 Å². The van der Waals surface area contributed by atoms with Gasteiger partial charge in [0.25, 0.3) is 0 Å². The molecule has 2 N–H and O–H groups in total. The molecule has 0 saturated heterocycles. The molecular weight excluding hydrogens is 371 g/mol. The zero-order valence-electron chi connectivity index (χ0n) is 11.9. The van der Waals surface area contributed by atoms with E-state index < -0.39 is 0 Å². The molecule has 3 heteroatoms. The van der Waals surface area contributed by atoms with Crippen molar-refractivity contribution in [2.45, 2.75) is 22.9 Å². The van der Waals surface area contributed by atoms with E-state index in [4.69, 9.17) is 0 Å². The number of halogens is 1. The average Bonchev–Trinajstić information content (AvgIpc) is 2.85. The number of rotatable bonds is 1. The molecule has 106 valence electrons. The van der Waals surface area contributed by atoms with E-state index in [0.717, 1.165) is 6.42 Å². The highest BCUT2D eigenvalue weighted by molar-refractivity contribution is 14.1. The molecular formula is C18H17IN2. The van der Waals surface area contributed by atoms with Crippen molar-refractivity contribution in [3.8, 4) is 0 Å². The summed E-state index contributed by atoms with van der Waals surface area (Å²) in [6.45, 7) is 2.27. The Kier molecular flexibility index (Phi) is 3.08. The summed E-state index contributed by atoms with van der Waals surface area (Å²) in [4.78, 5) is 3.64. The number of hydrogen-bond donors (Lipinski definition) is 2. The van der Waals surface area contributed by atoms with Crippen LogP contribution in [0.2, 0.25) is 0 Å². The molecule has 3 aromatic rings. The van der Waals surface area contributed by atoms with E-state index in [1.807, 2.05) is 0 Å². The molecule has 0 spiro atoms. The Hall–Kier alpha value is -1.33. The van der Waals surface area contributed by atoms with Gasteiger partial charge in [0, 0.05) is 23.0 Å². The van der Waals surface area contributed by atoms with Crippen LogP contribution in [0, 0.1) is 0 Å². The summed E-state index contributed by atoms with van der Waals surface area (Å²) in [6, 6.07) is 19.5. The summed E-state index contributed by atoms with van der Waals surface area (Å²) in [7, 11) is 0. The van der Waals surface area contributed by atoms with Crippen LogP contribution in [0.3, 0.4) is 0 Å². The highest BCUT2D eigenvalue weighted by atomic mass is 127. The highest BCUT2D eigenvalue weighted by Crippen LogP contribution is 2.40. The van der Waals surface area contributed by atoms with E-state index in [1.165, 1.54) is 27.7 Å². The minimum absolute atomic E-state index is 0.0657. The second-order valence-electron chi connectivity index (χ2n) is 5.93. The topological polar surface area (TPSA) is 27.8 Å². The number of alkyl halides is 1. The van der Waals surface area contributed by atoms with Crippen molar-refractivity contribution in [3.63, 3.8) is 0 Å². The van der Waals surface area contributed by atoms with Crippen LogP contribution >= 0.6 is 22.6 Å². The summed E-state index contributed by atoms with van der Waals surface area (Å²) in [5.41, 5.74) is 5.32. The van der Waals surface area contributed by atoms with Crippen molar-refractivity contribution in [1.82, 2.24) is 10.3 Å². The molecule has 1 aromatic heterocycles. The van der Waals surface area contributed by atoms with Gasteiger partial charge in [0.1, 0.15) is 0 Å². The van der Waals surface area contributed by atoms with Crippen molar-refractivity contribution >= 4 is 33.5 Å². The molecule has 2 heterocycles. The van der Waals surface area contributed by atoms with Gasteiger partial charge in [-0.1, -0.05) is 71.1 Å². The van der Waals surface area contributed by atoms with Crippen molar-refractivity contribution in [2.24, 2.45) is 0 Å². The first-order chi connectivity index (χ1) is 10.1. The summed E-state index contributed by atoms with van der Waals surface area (Å²) in [5, 5.41) is 5.14. The molecule has 0 saturated carbocycles. The minimum atomic E-state index is 0.0657. The lowest BCUT2D eigenvalue weighted by Gasteiger charge is -2.36. The first-order valence-corrected chi connectivity index (χ1v) is 8.33. The molecule has 0 amide bonds. The maximum Gasteiger partial charge on any atom is 0.0742 e. The Bertz CT molecular complexity index is 789. The average molecular weight is 388 g/mol. The molecule has 0 fully saturated rings. The maximum atomic E-state index is 3.78. The quantitative estimate of drug-likeness (QED) is 0.357. The molecule has 2 aromatic carbocycles. The third kappa shape index (κ3) is 2.28. The SMILES string of the molecule is C[C@]1(I)Cc2c([nH]c3ccccc23)[C@H](c2ccccc2)N1. The third-order valence-electron chi connectivity index (χ3n) is 4.22. The van der Waals surface area contributed by atoms with Gasteiger partial charge in [-0.2, -0.15) is 0 Å². The van der Waals surface area contributed by atoms with Gasteiger partial charge in [0.05, 0.1) is 9.59 Å². The van der Waals surface area contributed by atoms with Crippen molar-refractivity contribution < 1.29 is 0 Å². The molecule has 1 aliphatic heterocycles. The first-order valence-electron chi connectivity index (χ1n) is 7.25. The molecule has 1 aliphatic rings. The van der Waals surface area contributed by atoms with Crippen LogP contribution in [0.15, 0.2) is 54.6 Å². The molecule has 2 atom stereocenters. The Morgan fingerprint density at radius 1 is 1.05 bits per heavy atom. The van der Waals surface area contributed by atoms with Crippen LogP contribution in [0.1, 0.15) is 29.8 Å². The largest absolute Gasteiger partial charge is 0.357 e. The van der Waals surface area contributed by atoms with Gasteiger partial charge in [-0.3, -0.25) is 5.32 Å². The van der Waals surface area contributed by atoms with Gasteiger partial charge < -0.3 is 4.98 Å². The van der Waals surface area contributed by atoms with E-state index in [2.05, 4.69) is 94.4 Å². The van der Waals surface area contributed by atoms with Crippen LogP contribution in [-0.2, 0) is 6.42 Å². The van der Waals surface area contributed by atoms with Gasteiger partial charge in [0.2, 0.25) is 0 Å². The fourth-order valence-corrected chi connectivity index (χ4v) is 4.00. The van der Waals surface area contributed by atoms with E-state index >= 15 is 0 Å². The number of nitrogens with one attached hydrogen (secondary N) is 2. The molecule has 0 aliphatic carbocycles. The van der Waals surface area contributed by atoms with Crippen LogP contribution < -0.4 is 5.32 Å². The Morgan fingerprint density at radius 2 is 1.76 bits per heavy atom. The van der Waals surface area contributed by atoms with Gasteiger partial charge in [-0.25, -0.2) is 0 Å². The summed E-state index contributed by atoms with van der Waals surface area (Å²) in [6.07, 6.45) is 1.04. The minimum Gasteiger partial charge on any atom is -0.357 e. The summed E-state index contributed by atoms with van der Waals surface area (Å²) >= 11 is 2.53. The van der Waals surface area contributed by atoms with Gasteiger partial charge in [-0.05, 0) is 24.1 Å². The normalized spacial score (nSPS) is 25.0. The molecule has 0 unspecified atom stereocenters. The van der Waals surface area contributed by atoms with Crippen molar-refractivity contribution in [3.05, 3.63) is 71.4 Å². The van der Waals surface area contributed by atoms with Crippen LogP contribution in [0.25, 0.3) is 10.9 Å². The second-order valence-corrected chi connectivity index (χ2v) is 8.31. The number of fused-ring (bicyclic) bond motifs is 3. The number of aromatic amines is 1. The highest BCUT2D eigenvalue weighted by Gasteiger charge is 2.35. The predicted octanol–water partition coefficient (Wildman–Crippen LogP) is 4.55. The summed E-state index contributed by atoms with van der Waals surface area (Å²) < 4.78 is 0.0657. The zero-order valence-corrected chi connectivity index (χ0v) is 14.0. The van der Waals surface area contributed by atoms with Crippen LogP contribution in [0.5, 0.6) is 0 Å². The van der Waals surface area contributed by atoms with Gasteiger partial charge in [0.15, 0.2) is 0 Å². The number of H-pyrrole nitrogens is 1. The maximum absolute atomic E-state index is 3.78. The van der Waals surface area contributed by atoms with Crippen LogP contribution in [0.4, 0.5) is 0 Å². The molecule has 4 rings (SSSR count). The molecule has 21 heavy (non-hydrogen) atoms. The lowest BCUT2D eigenvalue weighted by molar-refractivity contribution is 0.442. The van der Waals surface area contributed by atoms with E-state index in [9.17, 15) is 0 Å². The lowest BCUT2D eigenvalue weighted by Crippen LogP contribution is -2.45. The van der Waals surface area contributed by atoms with E-state index in [1.54, 1.807) is 0 Å². The molecule has 2 nitrogen and oxygen atoms in total. The van der Waals surface area contributed by atoms with Gasteiger partial charge in [-0.15, -0.1) is 0 Å². The number of hydrogen-bond acceptors (Lipinski definition) is 1. The molecule has 0 radical (unpaired) electrons. The summed E-state index contributed by atoms with van der Waals surface area (Å²) in [5.74, 6) is 0. The fourth-order valence-electron chi connectivity index (χ4n) is 3.31. The number of para-hydroxylation sites is 1. The smallest absolute Gasteiger partial charge is 0.0742 e. The van der Waals surface area contributed by atoms with E-state index in [-0.39, 0.29) is 9.59 Å². The monoisotopic (exact) mass is 388 g/mol. The Balaban J connectivity index is 1.95. The predicted molar refractivity (Wildman–Crippen MR) is 95.8 cm³/mol. The standard InChI is InChI=1S/C18H17IN2/c1-18(19)11-14-13-9-5-6-10-15(13)20-17(14)16(21-18)12-7-3-2-4-8-12/h2-10,16,20-21H,11H2,1H3/t16-,18+/m0/s1. The third-order valence-corrected chi connectivity index (χ3v) is 4.92. The lowest BCUT2D eigenvalue weighted by atomic mass is 9.91. The zero-order chi connectivity index (χ0) is 14.4. The second kappa shape index (κ2) is 4.85. The number of benzene rings is 2. The Morgan fingerprint density at radius 3 is 2.57 bits per heavy atom. The first kappa shape index (κ1) is 13.3.